The summed E-state index contributed by atoms with van der Waals surface area (Å²) in [5, 5.41) is 3.78. The van der Waals surface area contributed by atoms with Crippen molar-refractivity contribution in [1.29, 1.82) is 0 Å². The third kappa shape index (κ3) is 1.69. The molecule has 3 rings (SSSR count). The second-order valence-electron chi connectivity index (χ2n) is 3.61. The van der Waals surface area contributed by atoms with Gasteiger partial charge in [-0.05, 0) is 12.1 Å². The zero-order valence-corrected chi connectivity index (χ0v) is 9.32. The largest absolute Gasteiger partial charge is 0.380 e. The van der Waals surface area contributed by atoms with E-state index in [1.807, 2.05) is 18.2 Å². The number of pyridine rings is 1. The smallest absolute Gasteiger partial charge is 0.181 e. The lowest BCUT2D eigenvalue weighted by Gasteiger charge is -2.00. The monoisotopic (exact) mass is 239 g/mol. The summed E-state index contributed by atoms with van der Waals surface area (Å²) in [5.41, 5.74) is 7.90. The van der Waals surface area contributed by atoms with Crippen molar-refractivity contribution in [2.45, 2.75) is 0 Å². The molecule has 0 aliphatic rings. The minimum atomic E-state index is 0.299. The van der Waals surface area contributed by atoms with Crippen LogP contribution >= 0.6 is 0 Å². The molecule has 88 valence electrons. The molecular formula is C12H9N5O. The van der Waals surface area contributed by atoms with Crippen LogP contribution in [0.5, 0.6) is 0 Å². The van der Waals surface area contributed by atoms with E-state index < -0.39 is 0 Å². The minimum absolute atomic E-state index is 0.299. The van der Waals surface area contributed by atoms with Gasteiger partial charge in [-0.1, -0.05) is 11.2 Å². The van der Waals surface area contributed by atoms with Crippen LogP contribution in [-0.4, -0.2) is 20.1 Å². The molecule has 6 heteroatoms. The van der Waals surface area contributed by atoms with Crippen molar-refractivity contribution in [2.24, 2.45) is 0 Å². The van der Waals surface area contributed by atoms with Gasteiger partial charge in [-0.25, -0.2) is 9.97 Å². The van der Waals surface area contributed by atoms with Gasteiger partial charge in [0.05, 0.1) is 16.8 Å². The van der Waals surface area contributed by atoms with Gasteiger partial charge >= 0.3 is 0 Å². The van der Waals surface area contributed by atoms with Crippen LogP contribution in [0.3, 0.4) is 0 Å². The van der Waals surface area contributed by atoms with Gasteiger partial charge in [0.2, 0.25) is 0 Å². The molecule has 0 spiro atoms. The Balaban J connectivity index is 2.19. The summed E-state index contributed by atoms with van der Waals surface area (Å²) >= 11 is 0. The second kappa shape index (κ2) is 4.25. The number of rotatable bonds is 2. The maximum atomic E-state index is 5.83. The lowest BCUT2D eigenvalue weighted by atomic mass is 10.1. The molecule has 0 saturated carbocycles. The van der Waals surface area contributed by atoms with Gasteiger partial charge in [0.25, 0.3) is 0 Å². The maximum Gasteiger partial charge on any atom is 0.181 e. The van der Waals surface area contributed by atoms with Crippen molar-refractivity contribution in [3.05, 3.63) is 43.1 Å². The molecule has 0 atom stereocenters. The Hall–Kier alpha value is -2.76. The fourth-order valence-electron chi connectivity index (χ4n) is 1.67. The molecule has 6 nitrogen and oxygen atoms in total. The Labute approximate surface area is 103 Å². The van der Waals surface area contributed by atoms with Crippen LogP contribution in [0.2, 0.25) is 0 Å². The van der Waals surface area contributed by atoms with E-state index in [0.717, 1.165) is 0 Å². The van der Waals surface area contributed by atoms with E-state index in [0.29, 0.717) is 28.4 Å². The van der Waals surface area contributed by atoms with Crippen LogP contribution in [0.4, 0.5) is 5.82 Å². The second-order valence-corrected chi connectivity index (χ2v) is 3.61. The molecule has 3 aromatic heterocycles. The molecular weight excluding hydrogens is 230 g/mol. The number of hydrogen-bond donors (Lipinski definition) is 1. The average molecular weight is 239 g/mol. The van der Waals surface area contributed by atoms with E-state index in [1.54, 1.807) is 18.6 Å². The summed E-state index contributed by atoms with van der Waals surface area (Å²) in [6, 6.07) is 5.55. The van der Waals surface area contributed by atoms with Crippen LogP contribution in [0.25, 0.3) is 22.6 Å². The first-order chi connectivity index (χ1) is 8.86. The number of aromatic nitrogens is 4. The Morgan fingerprint density at radius 3 is 2.67 bits per heavy atom. The predicted octanol–water partition coefficient (Wildman–Crippen LogP) is 1.78. The molecule has 18 heavy (non-hydrogen) atoms. The quantitative estimate of drug-likeness (QED) is 0.732. The molecule has 0 amide bonds. The fraction of sp³-hybridized carbons (Fsp3) is 0. The summed E-state index contributed by atoms with van der Waals surface area (Å²) in [6.45, 7) is 0. The first-order valence-corrected chi connectivity index (χ1v) is 5.28. The minimum Gasteiger partial charge on any atom is -0.380 e. The van der Waals surface area contributed by atoms with Gasteiger partial charge < -0.3 is 10.3 Å². The summed E-state index contributed by atoms with van der Waals surface area (Å²) in [7, 11) is 0. The standard InChI is InChI=1S/C12H9N5O/c13-12-10(9-3-1-2-4-16-9)11(18-17-12)8-5-14-7-15-6-8/h1-7H,(H2,13,17). The first-order valence-electron chi connectivity index (χ1n) is 5.28. The predicted molar refractivity (Wildman–Crippen MR) is 65.2 cm³/mol. The maximum absolute atomic E-state index is 5.83. The molecule has 0 radical (unpaired) electrons. The van der Waals surface area contributed by atoms with E-state index >= 15 is 0 Å². The molecule has 2 N–H and O–H groups in total. The van der Waals surface area contributed by atoms with Gasteiger partial charge in [-0.15, -0.1) is 0 Å². The van der Waals surface area contributed by atoms with Crippen LogP contribution < -0.4 is 5.73 Å². The third-order valence-corrected chi connectivity index (χ3v) is 2.46. The van der Waals surface area contributed by atoms with E-state index in [9.17, 15) is 0 Å². The van der Waals surface area contributed by atoms with Gasteiger partial charge in [0.1, 0.15) is 6.33 Å². The fourth-order valence-corrected chi connectivity index (χ4v) is 1.67. The van der Waals surface area contributed by atoms with Crippen molar-refractivity contribution in [1.82, 2.24) is 20.1 Å². The highest BCUT2D eigenvalue weighted by Gasteiger charge is 2.18. The Kier molecular flexibility index (Phi) is 2.45. The molecule has 3 aromatic rings. The number of anilines is 1. The van der Waals surface area contributed by atoms with E-state index in [-0.39, 0.29) is 0 Å². The summed E-state index contributed by atoms with van der Waals surface area (Å²) in [5.74, 6) is 0.819. The first kappa shape index (κ1) is 10.4. The van der Waals surface area contributed by atoms with Crippen molar-refractivity contribution >= 4 is 5.82 Å². The van der Waals surface area contributed by atoms with Crippen LogP contribution in [0.15, 0.2) is 47.6 Å². The van der Waals surface area contributed by atoms with Crippen LogP contribution in [-0.2, 0) is 0 Å². The Morgan fingerprint density at radius 1 is 1.11 bits per heavy atom. The highest BCUT2D eigenvalue weighted by molar-refractivity contribution is 5.84. The van der Waals surface area contributed by atoms with Crippen molar-refractivity contribution in [2.75, 3.05) is 5.73 Å². The topological polar surface area (TPSA) is 90.7 Å². The van der Waals surface area contributed by atoms with Gasteiger partial charge in [0, 0.05) is 18.6 Å². The summed E-state index contributed by atoms with van der Waals surface area (Å²) < 4.78 is 5.24. The lowest BCUT2D eigenvalue weighted by molar-refractivity contribution is 0.436. The van der Waals surface area contributed by atoms with Crippen LogP contribution in [0, 0.1) is 0 Å². The molecule has 0 bridgehead atoms. The SMILES string of the molecule is Nc1noc(-c2cncnc2)c1-c1ccccn1. The molecule has 3 heterocycles. The van der Waals surface area contributed by atoms with E-state index in [1.165, 1.54) is 6.33 Å². The summed E-state index contributed by atoms with van der Waals surface area (Å²) in [4.78, 5) is 12.1. The number of hydrogen-bond acceptors (Lipinski definition) is 6. The van der Waals surface area contributed by atoms with E-state index in [4.69, 9.17) is 10.3 Å². The highest BCUT2D eigenvalue weighted by atomic mass is 16.5. The highest BCUT2D eigenvalue weighted by Crippen LogP contribution is 2.34. The molecule has 0 unspecified atom stereocenters. The van der Waals surface area contributed by atoms with Crippen molar-refractivity contribution in [3.8, 4) is 22.6 Å². The summed E-state index contributed by atoms with van der Waals surface area (Å²) in [6.07, 6.45) is 6.41. The van der Waals surface area contributed by atoms with Crippen molar-refractivity contribution in [3.63, 3.8) is 0 Å². The molecule has 0 aromatic carbocycles. The molecule has 0 aliphatic carbocycles. The average Bonchev–Trinajstić information content (AvgIpc) is 2.83. The normalized spacial score (nSPS) is 10.4. The molecule has 0 aliphatic heterocycles. The number of nitrogen functional groups attached to an aromatic ring is 1. The third-order valence-electron chi connectivity index (χ3n) is 2.46. The number of nitrogens with zero attached hydrogens (tertiary/aromatic N) is 4. The molecule has 0 saturated heterocycles. The van der Waals surface area contributed by atoms with Crippen LogP contribution in [0.1, 0.15) is 0 Å². The van der Waals surface area contributed by atoms with Gasteiger partial charge in [-0.3, -0.25) is 4.98 Å². The van der Waals surface area contributed by atoms with Gasteiger partial charge in [-0.2, -0.15) is 0 Å². The zero-order chi connectivity index (χ0) is 12.4. The lowest BCUT2D eigenvalue weighted by Crippen LogP contribution is -1.91. The zero-order valence-electron chi connectivity index (χ0n) is 9.32. The Morgan fingerprint density at radius 2 is 1.94 bits per heavy atom. The Bertz CT molecular complexity index is 651. The van der Waals surface area contributed by atoms with Crippen molar-refractivity contribution < 1.29 is 4.52 Å². The van der Waals surface area contributed by atoms with E-state index in [2.05, 4.69) is 20.1 Å². The molecule has 0 fully saturated rings. The number of nitrogens with two attached hydrogens (primary N) is 1. The van der Waals surface area contributed by atoms with Gasteiger partial charge in [0.15, 0.2) is 11.6 Å².